The van der Waals surface area contributed by atoms with Crippen LogP contribution in [0.25, 0.3) is 0 Å². The third-order valence-corrected chi connectivity index (χ3v) is 5.42. The number of aliphatic hydroxyl groups excluding tert-OH is 5. The van der Waals surface area contributed by atoms with Crippen molar-refractivity contribution in [3.05, 3.63) is 0 Å². The van der Waals surface area contributed by atoms with Crippen LogP contribution in [0.2, 0.25) is 0 Å². The zero-order valence-electron chi connectivity index (χ0n) is 17.5. The SMILES string of the molecule is CC(=O)N[C@H]1[C@H](O[C@H]2[C@H](O)[C@@H](NC(C)=O)C(O)O[C@@H]2COS(=O)(=O)O)O[C@H](CO)[C@H](O)[C@@H]1O. The maximum Gasteiger partial charge on any atom is 0.397 e. The van der Waals surface area contributed by atoms with Crippen LogP contribution < -0.4 is 10.6 Å². The van der Waals surface area contributed by atoms with E-state index in [1.54, 1.807) is 0 Å². The molecule has 2 aliphatic rings. The highest BCUT2D eigenvalue weighted by Gasteiger charge is 2.51. The van der Waals surface area contributed by atoms with Gasteiger partial charge in [0.05, 0.1) is 13.2 Å². The summed E-state index contributed by atoms with van der Waals surface area (Å²) in [5.74, 6) is -1.33. The smallest absolute Gasteiger partial charge is 0.394 e. The number of carbonyl (C=O) groups excluding carboxylic acids is 2. The van der Waals surface area contributed by atoms with Crippen molar-refractivity contribution >= 4 is 22.2 Å². The topological polar surface area (TPSA) is 251 Å². The fourth-order valence-electron chi connectivity index (χ4n) is 3.52. The van der Waals surface area contributed by atoms with Gasteiger partial charge in [-0.05, 0) is 0 Å². The second kappa shape index (κ2) is 11.3. The monoisotopic (exact) mass is 504 g/mol. The molecule has 0 aromatic heterocycles. The number of hydrogen-bond donors (Lipinski definition) is 8. The van der Waals surface area contributed by atoms with E-state index in [0.29, 0.717) is 0 Å². The van der Waals surface area contributed by atoms with E-state index in [1.165, 1.54) is 0 Å². The molecule has 17 heteroatoms. The van der Waals surface area contributed by atoms with Gasteiger partial charge in [-0.1, -0.05) is 0 Å². The zero-order chi connectivity index (χ0) is 25.1. The minimum Gasteiger partial charge on any atom is -0.394 e. The molecule has 0 aromatic rings. The van der Waals surface area contributed by atoms with Crippen LogP contribution in [-0.4, -0.2) is 125 Å². The minimum atomic E-state index is -4.97. The van der Waals surface area contributed by atoms with Gasteiger partial charge in [0.2, 0.25) is 11.8 Å². The summed E-state index contributed by atoms with van der Waals surface area (Å²) >= 11 is 0. The lowest BCUT2D eigenvalue weighted by Gasteiger charge is -2.47. The van der Waals surface area contributed by atoms with E-state index < -0.39 is 96.7 Å². The first-order chi connectivity index (χ1) is 15.2. The largest absolute Gasteiger partial charge is 0.397 e. The molecule has 0 radical (unpaired) electrons. The van der Waals surface area contributed by atoms with Crippen molar-refractivity contribution in [3.63, 3.8) is 0 Å². The molecule has 192 valence electrons. The summed E-state index contributed by atoms with van der Waals surface area (Å²) in [6.45, 7) is 0.454. The molecule has 10 atom stereocenters. The van der Waals surface area contributed by atoms with Gasteiger partial charge >= 0.3 is 10.4 Å². The minimum absolute atomic E-state index is 0.663. The molecule has 2 amide bonds. The third-order valence-electron chi connectivity index (χ3n) is 4.99. The fourth-order valence-corrected chi connectivity index (χ4v) is 3.83. The predicted molar refractivity (Wildman–Crippen MR) is 102 cm³/mol. The molecular formula is C16H28N2O14S. The highest BCUT2D eigenvalue weighted by Crippen LogP contribution is 2.29. The summed E-state index contributed by atoms with van der Waals surface area (Å²) in [4.78, 5) is 23.0. The first-order valence-corrected chi connectivity index (χ1v) is 11.1. The molecule has 0 aliphatic carbocycles. The summed E-state index contributed by atoms with van der Waals surface area (Å²) in [6.07, 6.45) is -13.2. The fraction of sp³-hybridized carbons (Fsp3) is 0.875. The number of amides is 2. The molecule has 8 N–H and O–H groups in total. The molecule has 1 unspecified atom stereocenters. The highest BCUT2D eigenvalue weighted by atomic mass is 32.3. The van der Waals surface area contributed by atoms with Crippen LogP contribution in [0.3, 0.4) is 0 Å². The number of rotatable bonds is 8. The molecule has 0 bridgehead atoms. The number of nitrogens with one attached hydrogen (secondary N) is 2. The van der Waals surface area contributed by atoms with E-state index in [2.05, 4.69) is 14.8 Å². The Morgan fingerprint density at radius 3 is 2.00 bits per heavy atom. The highest BCUT2D eigenvalue weighted by molar-refractivity contribution is 7.80. The summed E-state index contributed by atoms with van der Waals surface area (Å²) in [7, 11) is -4.97. The molecule has 16 nitrogen and oxygen atoms in total. The van der Waals surface area contributed by atoms with Gasteiger partial charge in [-0.15, -0.1) is 0 Å². The number of hydrogen-bond acceptors (Lipinski definition) is 13. The first kappa shape index (κ1) is 27.7. The van der Waals surface area contributed by atoms with Crippen molar-refractivity contribution in [1.29, 1.82) is 0 Å². The third kappa shape index (κ3) is 7.23. The van der Waals surface area contributed by atoms with E-state index in [4.69, 9.17) is 18.8 Å². The lowest BCUT2D eigenvalue weighted by Crippen LogP contribution is -2.69. The zero-order valence-corrected chi connectivity index (χ0v) is 18.4. The van der Waals surface area contributed by atoms with Crippen molar-refractivity contribution in [3.8, 4) is 0 Å². The Morgan fingerprint density at radius 2 is 1.48 bits per heavy atom. The van der Waals surface area contributed by atoms with Crippen molar-refractivity contribution < 1.29 is 66.5 Å². The van der Waals surface area contributed by atoms with Gasteiger partial charge in [0.1, 0.15) is 48.7 Å². The van der Waals surface area contributed by atoms with E-state index in [-0.39, 0.29) is 0 Å². The van der Waals surface area contributed by atoms with Crippen molar-refractivity contribution in [2.24, 2.45) is 0 Å². The van der Waals surface area contributed by atoms with Gasteiger partial charge < -0.3 is 50.4 Å². The van der Waals surface area contributed by atoms with E-state index >= 15 is 0 Å². The van der Waals surface area contributed by atoms with Crippen LogP contribution in [0.15, 0.2) is 0 Å². The molecule has 0 aromatic carbocycles. The Hall–Kier alpha value is -1.51. The van der Waals surface area contributed by atoms with Gasteiger partial charge in [-0.2, -0.15) is 8.42 Å². The molecule has 2 fully saturated rings. The Balaban J connectivity index is 2.35. The van der Waals surface area contributed by atoms with Crippen LogP contribution in [0.1, 0.15) is 13.8 Å². The normalized spacial score (nSPS) is 39.6. The summed E-state index contributed by atoms with van der Waals surface area (Å²) in [5, 5.41) is 55.3. The Bertz CT molecular complexity index is 796. The van der Waals surface area contributed by atoms with Crippen LogP contribution in [0.4, 0.5) is 0 Å². The summed E-state index contributed by atoms with van der Waals surface area (Å²) in [6, 6.07) is -2.90. The Labute approximate surface area is 188 Å². The first-order valence-electron chi connectivity index (χ1n) is 9.70. The van der Waals surface area contributed by atoms with Gasteiger partial charge in [0.15, 0.2) is 12.6 Å². The van der Waals surface area contributed by atoms with Crippen molar-refractivity contribution in [1.82, 2.24) is 10.6 Å². The molecule has 33 heavy (non-hydrogen) atoms. The summed E-state index contributed by atoms with van der Waals surface area (Å²) < 4.78 is 51.3. The molecule has 2 rings (SSSR count). The Kier molecular flexibility index (Phi) is 9.48. The number of ether oxygens (including phenoxy) is 3. The van der Waals surface area contributed by atoms with E-state index in [0.717, 1.165) is 13.8 Å². The van der Waals surface area contributed by atoms with Crippen molar-refractivity contribution in [2.45, 2.75) is 75.1 Å². The van der Waals surface area contributed by atoms with Gasteiger partial charge in [0, 0.05) is 13.8 Å². The average molecular weight is 504 g/mol. The van der Waals surface area contributed by atoms with Gasteiger partial charge in [-0.3, -0.25) is 14.1 Å². The molecule has 2 saturated heterocycles. The standard InChI is InChI=1S/C16H28N2O14S/c1-5(20)17-9-13(24)14(8(30-15(9)25)4-29-33(26,27)28)32-16-10(18-6(2)21)12(23)11(22)7(3-19)31-16/h7-16,19,22-25H,3-4H2,1-2H3,(H,17,20)(H,18,21)(H,26,27,28)/t7-,8-,9-,10-,11+,12-,13-,14-,15?,16+/m1/s1. The van der Waals surface area contributed by atoms with Gasteiger partial charge in [-0.25, -0.2) is 4.18 Å². The van der Waals surface area contributed by atoms with E-state index in [1.807, 2.05) is 0 Å². The predicted octanol–water partition coefficient (Wildman–Crippen LogP) is -5.28. The lowest BCUT2D eigenvalue weighted by molar-refractivity contribution is -0.327. The lowest BCUT2D eigenvalue weighted by atomic mass is 9.94. The van der Waals surface area contributed by atoms with Crippen LogP contribution >= 0.6 is 0 Å². The average Bonchev–Trinajstić information content (AvgIpc) is 2.70. The maximum atomic E-state index is 11.6. The molecule has 0 saturated carbocycles. The van der Waals surface area contributed by atoms with E-state index in [9.17, 15) is 43.5 Å². The van der Waals surface area contributed by atoms with Crippen LogP contribution in [0.5, 0.6) is 0 Å². The molecule has 0 spiro atoms. The molecule has 2 heterocycles. The second-order valence-electron chi connectivity index (χ2n) is 7.53. The second-order valence-corrected chi connectivity index (χ2v) is 8.62. The number of aliphatic hydroxyl groups is 5. The van der Waals surface area contributed by atoms with Crippen molar-refractivity contribution in [2.75, 3.05) is 13.2 Å². The maximum absolute atomic E-state index is 11.6. The van der Waals surface area contributed by atoms with Gasteiger partial charge in [0.25, 0.3) is 0 Å². The molecular weight excluding hydrogens is 476 g/mol. The van der Waals surface area contributed by atoms with Crippen LogP contribution in [0, 0.1) is 0 Å². The summed E-state index contributed by atoms with van der Waals surface area (Å²) in [5.41, 5.74) is 0. The number of carbonyl (C=O) groups is 2. The van der Waals surface area contributed by atoms with Crippen LogP contribution in [-0.2, 0) is 38.4 Å². The Morgan fingerprint density at radius 1 is 0.909 bits per heavy atom. The molecule has 2 aliphatic heterocycles. The quantitative estimate of drug-likeness (QED) is 0.144.